The Morgan fingerprint density at radius 1 is 0.857 bits per heavy atom. The van der Waals surface area contributed by atoms with Crippen LogP contribution in [0.3, 0.4) is 0 Å². The minimum Gasteiger partial charge on any atom is -0.388 e. The Morgan fingerprint density at radius 3 is 1.79 bits per heavy atom. The van der Waals surface area contributed by atoms with Gasteiger partial charge in [0.15, 0.2) is 5.82 Å². The maximum absolute atomic E-state index is 8.41. The maximum Gasteiger partial charge on any atom is 0.153 e. The molecule has 2 aromatic heterocycles. The number of aliphatic hydroxyl groups is 1. The predicted octanol–water partition coefficient (Wildman–Crippen LogP) is 1.05. The Labute approximate surface area is 82.3 Å². The number of nitrogens with zero attached hydrogens (tertiary/aromatic N) is 3. The van der Waals surface area contributed by atoms with E-state index in [1.807, 2.05) is 18.2 Å². The van der Waals surface area contributed by atoms with E-state index < -0.39 is 0 Å². The van der Waals surface area contributed by atoms with E-state index in [0.29, 0.717) is 5.82 Å². The molecule has 0 bridgehead atoms. The average Bonchev–Trinajstić information content (AvgIpc) is 2.33. The Hall–Kier alpha value is -1.81. The fourth-order valence-corrected chi connectivity index (χ4v) is 0.724. The van der Waals surface area contributed by atoms with Crippen molar-refractivity contribution in [2.75, 3.05) is 0 Å². The van der Waals surface area contributed by atoms with Gasteiger partial charge >= 0.3 is 0 Å². The van der Waals surface area contributed by atoms with Gasteiger partial charge in [0.1, 0.15) is 6.61 Å². The lowest BCUT2D eigenvalue weighted by molar-refractivity contribution is 0.271. The summed E-state index contributed by atoms with van der Waals surface area (Å²) in [7, 11) is 0. The molecule has 1 N–H and O–H groups in total. The second-order valence-corrected chi connectivity index (χ2v) is 2.35. The van der Waals surface area contributed by atoms with E-state index in [4.69, 9.17) is 5.11 Å². The first-order chi connectivity index (χ1) is 6.93. The smallest absolute Gasteiger partial charge is 0.153 e. The summed E-state index contributed by atoms with van der Waals surface area (Å²) in [5, 5.41) is 8.41. The molecular weight excluding hydrogens is 178 g/mol. The van der Waals surface area contributed by atoms with E-state index in [1.54, 1.807) is 30.9 Å². The van der Waals surface area contributed by atoms with Crippen LogP contribution in [0.4, 0.5) is 0 Å². The zero-order valence-electron chi connectivity index (χ0n) is 7.61. The first kappa shape index (κ1) is 10.3. The summed E-state index contributed by atoms with van der Waals surface area (Å²) in [4.78, 5) is 11.3. The van der Waals surface area contributed by atoms with Crippen molar-refractivity contribution in [3.63, 3.8) is 0 Å². The van der Waals surface area contributed by atoms with E-state index in [1.165, 1.54) is 0 Å². The molecule has 0 aliphatic carbocycles. The Balaban J connectivity index is 0.000000146. The number of rotatable bonds is 1. The van der Waals surface area contributed by atoms with Gasteiger partial charge in [-0.2, -0.15) is 0 Å². The highest BCUT2D eigenvalue weighted by atomic mass is 16.3. The van der Waals surface area contributed by atoms with Crippen molar-refractivity contribution in [2.24, 2.45) is 0 Å². The summed E-state index contributed by atoms with van der Waals surface area (Å²) in [6, 6.07) is 7.42. The number of pyridine rings is 1. The molecule has 0 radical (unpaired) electrons. The summed E-state index contributed by atoms with van der Waals surface area (Å²) in [6.07, 6.45) is 6.69. The molecule has 2 aromatic rings. The molecule has 0 unspecified atom stereocenters. The van der Waals surface area contributed by atoms with E-state index in [2.05, 4.69) is 15.0 Å². The third-order valence-corrected chi connectivity index (χ3v) is 1.33. The molecule has 72 valence electrons. The predicted molar refractivity (Wildman–Crippen MR) is 52.2 cm³/mol. The van der Waals surface area contributed by atoms with Crippen molar-refractivity contribution in [2.45, 2.75) is 6.61 Å². The van der Waals surface area contributed by atoms with Gasteiger partial charge in [0.25, 0.3) is 0 Å². The molecule has 4 heteroatoms. The second kappa shape index (κ2) is 6.68. The first-order valence-electron chi connectivity index (χ1n) is 4.15. The summed E-state index contributed by atoms with van der Waals surface area (Å²) in [5.41, 5.74) is 0. The van der Waals surface area contributed by atoms with E-state index in [9.17, 15) is 0 Å². The molecule has 0 fully saturated rings. The van der Waals surface area contributed by atoms with Crippen molar-refractivity contribution in [1.29, 1.82) is 0 Å². The SMILES string of the molecule is OCc1ncccn1.c1ccncc1. The van der Waals surface area contributed by atoms with Gasteiger partial charge in [-0.3, -0.25) is 4.98 Å². The summed E-state index contributed by atoms with van der Waals surface area (Å²) >= 11 is 0. The first-order valence-corrected chi connectivity index (χ1v) is 4.15. The van der Waals surface area contributed by atoms with Crippen molar-refractivity contribution in [3.8, 4) is 0 Å². The van der Waals surface area contributed by atoms with E-state index in [0.717, 1.165) is 0 Å². The van der Waals surface area contributed by atoms with E-state index in [-0.39, 0.29) is 6.61 Å². The minimum atomic E-state index is -0.0825. The molecule has 0 saturated carbocycles. The quantitative estimate of drug-likeness (QED) is 0.728. The molecule has 0 spiro atoms. The van der Waals surface area contributed by atoms with Gasteiger partial charge in [-0.1, -0.05) is 6.07 Å². The molecule has 0 saturated heterocycles. The van der Waals surface area contributed by atoms with Crippen LogP contribution in [-0.2, 0) is 6.61 Å². The lowest BCUT2D eigenvalue weighted by atomic mass is 10.5. The second-order valence-electron chi connectivity index (χ2n) is 2.35. The summed E-state index contributed by atoms with van der Waals surface area (Å²) < 4.78 is 0. The van der Waals surface area contributed by atoms with Gasteiger partial charge in [-0.15, -0.1) is 0 Å². The molecule has 2 rings (SSSR count). The fourth-order valence-electron chi connectivity index (χ4n) is 0.724. The van der Waals surface area contributed by atoms with Crippen molar-refractivity contribution >= 4 is 0 Å². The zero-order chi connectivity index (χ0) is 10.1. The normalized spacial score (nSPS) is 8.64. The van der Waals surface area contributed by atoms with Gasteiger partial charge < -0.3 is 5.11 Å². The molecule has 4 nitrogen and oxygen atoms in total. The monoisotopic (exact) mass is 189 g/mol. The third kappa shape index (κ3) is 4.27. The van der Waals surface area contributed by atoms with Crippen LogP contribution in [0.25, 0.3) is 0 Å². The third-order valence-electron chi connectivity index (χ3n) is 1.33. The largest absolute Gasteiger partial charge is 0.388 e. The highest BCUT2D eigenvalue weighted by Gasteiger charge is 1.84. The lowest BCUT2D eigenvalue weighted by Gasteiger charge is -1.87. The van der Waals surface area contributed by atoms with Crippen LogP contribution >= 0.6 is 0 Å². The van der Waals surface area contributed by atoms with Crippen molar-refractivity contribution in [3.05, 3.63) is 54.9 Å². The summed E-state index contributed by atoms with van der Waals surface area (Å²) in [6.45, 7) is -0.0825. The molecule has 0 aliphatic heterocycles. The summed E-state index contributed by atoms with van der Waals surface area (Å²) in [5.74, 6) is 0.465. The van der Waals surface area contributed by atoms with Crippen LogP contribution in [0.5, 0.6) is 0 Å². The van der Waals surface area contributed by atoms with Crippen molar-refractivity contribution in [1.82, 2.24) is 15.0 Å². The molecular formula is C10H11N3O. The van der Waals surface area contributed by atoms with Gasteiger partial charge in [-0.05, 0) is 18.2 Å². The van der Waals surface area contributed by atoms with E-state index >= 15 is 0 Å². The van der Waals surface area contributed by atoms with Crippen LogP contribution in [0.2, 0.25) is 0 Å². The number of hydrogen-bond acceptors (Lipinski definition) is 4. The zero-order valence-corrected chi connectivity index (χ0v) is 7.61. The van der Waals surface area contributed by atoms with Crippen molar-refractivity contribution < 1.29 is 5.11 Å². The molecule has 0 amide bonds. The molecule has 14 heavy (non-hydrogen) atoms. The Kier molecular flexibility index (Phi) is 4.90. The van der Waals surface area contributed by atoms with Crippen LogP contribution in [0, 0.1) is 0 Å². The molecule has 0 atom stereocenters. The van der Waals surface area contributed by atoms with Gasteiger partial charge in [0.05, 0.1) is 0 Å². The Bertz CT molecular complexity index is 299. The van der Waals surface area contributed by atoms with Crippen LogP contribution in [0.1, 0.15) is 5.82 Å². The average molecular weight is 189 g/mol. The van der Waals surface area contributed by atoms with Crippen LogP contribution in [0.15, 0.2) is 49.1 Å². The standard InChI is InChI=1S/C5H6N2O.C5H5N/c8-4-5-6-2-1-3-7-5;1-2-4-6-5-3-1/h1-3,8H,4H2;1-5H. The molecule has 0 aliphatic rings. The van der Waals surface area contributed by atoms with Crippen LogP contribution in [-0.4, -0.2) is 20.1 Å². The van der Waals surface area contributed by atoms with Gasteiger partial charge in [0.2, 0.25) is 0 Å². The molecule has 2 heterocycles. The number of hydrogen-bond donors (Lipinski definition) is 1. The van der Waals surface area contributed by atoms with Gasteiger partial charge in [0, 0.05) is 24.8 Å². The van der Waals surface area contributed by atoms with Gasteiger partial charge in [-0.25, -0.2) is 9.97 Å². The number of aliphatic hydroxyl groups excluding tert-OH is 1. The minimum absolute atomic E-state index is 0.0825. The molecule has 0 aromatic carbocycles. The lowest BCUT2D eigenvalue weighted by Crippen LogP contribution is -1.90. The number of aromatic nitrogens is 3. The fraction of sp³-hybridized carbons (Fsp3) is 0.100. The topological polar surface area (TPSA) is 58.9 Å². The Morgan fingerprint density at radius 2 is 1.50 bits per heavy atom. The highest BCUT2D eigenvalue weighted by Crippen LogP contribution is 1.83. The maximum atomic E-state index is 8.41. The highest BCUT2D eigenvalue weighted by molar-refractivity contribution is 4.88. The van der Waals surface area contributed by atoms with Crippen LogP contribution < -0.4 is 0 Å².